The SMILES string of the molecule is C[C@H](c1cc(F)c(S(=O)(=O)Cc2ncns2)cc1F)N1CCCC[C@@H]1c1ccccc1.Cn1nccc1[C@@H]1CCCCN1Cc1cc(F)c(S(=O)(=O)Cc2ncns2)cc1F.Cn1nccc1[C@H]1CCCCN1Cc1cc(F)c(S(=O)(=O)Cc2ncns2)cc1F.Nc1cc([C@@H]2CCCCN2Cc2cc(F)c(S(=O)(=O)Cc3ncns3)cc2F)ccn1. The average Bonchev–Trinajstić information content (AvgIpc) is 0.788. The summed E-state index contributed by atoms with van der Waals surface area (Å²) in [5, 5.41) is 9.34. The van der Waals surface area contributed by atoms with Crippen molar-refractivity contribution in [2.75, 3.05) is 31.9 Å². The summed E-state index contributed by atoms with van der Waals surface area (Å²) >= 11 is 3.64. The molecule has 26 nitrogen and oxygen atoms in total. The Kier molecular flexibility index (Phi) is 29.8. The number of nitrogens with two attached hydrogens (primary N) is 1. The van der Waals surface area contributed by atoms with E-state index < -0.39 is 135 Å². The summed E-state index contributed by atoms with van der Waals surface area (Å²) in [5.41, 5.74) is 10.5. The van der Waals surface area contributed by atoms with E-state index >= 15 is 4.39 Å². The molecule has 0 spiro atoms. The van der Waals surface area contributed by atoms with Crippen LogP contribution in [-0.4, -0.2) is 141 Å². The normalized spacial score (nSPS) is 18.1. The van der Waals surface area contributed by atoms with E-state index in [9.17, 15) is 64.4 Å². The molecule has 7 aromatic heterocycles. The van der Waals surface area contributed by atoms with Gasteiger partial charge in [0.25, 0.3) is 0 Å². The highest BCUT2D eigenvalue weighted by molar-refractivity contribution is 7.91. The summed E-state index contributed by atoms with van der Waals surface area (Å²) in [6.45, 7) is 5.34. The third kappa shape index (κ3) is 22.3. The number of anilines is 1. The lowest BCUT2D eigenvalue weighted by molar-refractivity contribution is 0.101. The number of hydrogen-bond acceptors (Lipinski definition) is 28. The molecule has 2 N–H and O–H groups in total. The molecule has 0 amide bonds. The summed E-state index contributed by atoms with van der Waals surface area (Å²) in [5.74, 6) is -8.41. The maximum absolute atomic E-state index is 15.1. The topological polar surface area (TPSA) is 327 Å². The number of halogens is 8. The zero-order valence-corrected chi connectivity index (χ0v) is 72.8. The lowest BCUT2D eigenvalue weighted by Gasteiger charge is -2.40. The fourth-order valence-corrected chi connectivity index (χ4v) is 24.6. The molecule has 4 aliphatic heterocycles. The van der Waals surface area contributed by atoms with Gasteiger partial charge in [0.05, 0.1) is 23.5 Å². The van der Waals surface area contributed by atoms with E-state index in [1.54, 1.807) is 34.0 Å². The van der Waals surface area contributed by atoms with Crippen molar-refractivity contribution in [2.45, 2.75) is 176 Å². The summed E-state index contributed by atoms with van der Waals surface area (Å²) < 4.78 is 238. The number of aromatic nitrogens is 13. The van der Waals surface area contributed by atoms with Crippen LogP contribution in [-0.2, 0) is 96.1 Å². The maximum Gasteiger partial charge on any atom is 0.187 e. The van der Waals surface area contributed by atoms with Crippen LogP contribution in [0.1, 0.15) is 179 Å². The summed E-state index contributed by atoms with van der Waals surface area (Å²) in [6.07, 6.45) is 21.6. The van der Waals surface area contributed by atoms with Crippen LogP contribution in [0.4, 0.5) is 40.9 Å². The maximum atomic E-state index is 15.1. The van der Waals surface area contributed by atoms with Crippen LogP contribution in [0.15, 0.2) is 167 Å². The number of nitrogen functional groups attached to an aromatic ring is 1. The van der Waals surface area contributed by atoms with Crippen molar-refractivity contribution in [2.24, 2.45) is 14.1 Å². The Hall–Kier alpha value is -9.21. The number of piperidine rings is 4. The summed E-state index contributed by atoms with van der Waals surface area (Å²) in [4.78, 5) is 25.1. The van der Waals surface area contributed by atoms with Crippen LogP contribution in [0, 0.1) is 46.5 Å². The van der Waals surface area contributed by atoms with Crippen LogP contribution in [0.25, 0.3) is 0 Å². The van der Waals surface area contributed by atoms with Gasteiger partial charge < -0.3 is 5.73 Å². The van der Waals surface area contributed by atoms with Crippen LogP contribution in [0.5, 0.6) is 0 Å². The number of likely N-dealkylation sites (tertiary alicyclic amines) is 4. The molecule has 5 aromatic carbocycles. The number of rotatable bonds is 24. The molecule has 5 atom stereocenters. The Bertz CT molecular complexity index is 5850. The van der Waals surface area contributed by atoms with Gasteiger partial charge in [0, 0.05) is 92.7 Å². The zero-order valence-electron chi connectivity index (χ0n) is 66.2. The molecule has 4 saturated heterocycles. The lowest BCUT2D eigenvalue weighted by atomic mass is 9.92. The first kappa shape index (κ1) is 90.5. The average molecular weight is 1840 g/mol. The molecule has 122 heavy (non-hydrogen) atoms. The van der Waals surface area contributed by atoms with Gasteiger partial charge in [0.1, 0.15) is 140 Å². The Morgan fingerprint density at radius 1 is 0.385 bits per heavy atom. The van der Waals surface area contributed by atoms with Gasteiger partial charge in [0.2, 0.25) is 0 Å². The number of hydrogen-bond donors (Lipinski definition) is 1. The van der Waals surface area contributed by atoms with Crippen LogP contribution >= 0.6 is 46.1 Å². The molecule has 4 aliphatic rings. The molecule has 0 saturated carbocycles. The third-order valence-corrected chi connectivity index (χ3v) is 31.7. The highest BCUT2D eigenvalue weighted by atomic mass is 32.2. The molecule has 4 fully saturated rings. The van der Waals surface area contributed by atoms with Crippen molar-refractivity contribution < 1.29 is 68.8 Å². The number of sulfone groups is 4. The molecular formula is C80H86F8N18O8S8. The Morgan fingerprint density at radius 3 is 1.10 bits per heavy atom. The predicted molar refractivity (Wildman–Crippen MR) is 443 cm³/mol. The van der Waals surface area contributed by atoms with E-state index in [2.05, 4.69) is 84.3 Å². The molecule has 0 aliphatic carbocycles. The van der Waals surface area contributed by atoms with E-state index in [1.807, 2.05) is 57.4 Å². The number of pyridine rings is 1. The smallest absolute Gasteiger partial charge is 0.187 e. The predicted octanol–water partition coefficient (Wildman–Crippen LogP) is 15.1. The first-order valence-electron chi connectivity index (χ1n) is 39.0. The second kappa shape index (κ2) is 40.2. The Balaban J connectivity index is 0.000000140. The van der Waals surface area contributed by atoms with Crippen molar-refractivity contribution in [1.82, 2.24) is 81.6 Å². The largest absolute Gasteiger partial charge is 0.384 e. The minimum Gasteiger partial charge on any atom is -0.384 e. The minimum absolute atomic E-state index is 0.00215. The molecule has 42 heteroatoms. The summed E-state index contributed by atoms with van der Waals surface area (Å²) in [7, 11) is -12.6. The quantitative estimate of drug-likeness (QED) is 0.0549. The van der Waals surface area contributed by atoms with Gasteiger partial charge in [-0.2, -0.15) is 27.7 Å². The van der Waals surface area contributed by atoms with Crippen molar-refractivity contribution in [3.05, 3.63) is 258 Å². The van der Waals surface area contributed by atoms with Crippen LogP contribution in [0.2, 0.25) is 0 Å². The fraction of sp³-hybridized carbons (Fsp3) is 0.388. The molecule has 11 heterocycles. The van der Waals surface area contributed by atoms with E-state index in [4.69, 9.17) is 5.73 Å². The van der Waals surface area contributed by atoms with Gasteiger partial charge in [-0.25, -0.2) is 93.7 Å². The molecular weight excluding hydrogens is 1750 g/mol. The third-order valence-electron chi connectivity index (χ3n) is 21.8. The molecule has 0 unspecified atom stereocenters. The second-order valence-electron chi connectivity index (χ2n) is 29.9. The van der Waals surface area contributed by atoms with E-state index in [1.165, 1.54) is 25.3 Å². The Morgan fingerprint density at radius 2 is 0.738 bits per heavy atom. The fourth-order valence-electron chi connectivity index (χ4n) is 15.9. The van der Waals surface area contributed by atoms with Crippen molar-refractivity contribution in [1.29, 1.82) is 0 Å². The highest BCUT2D eigenvalue weighted by Gasteiger charge is 2.36. The van der Waals surface area contributed by atoms with Gasteiger partial charge in [-0.15, -0.1) is 0 Å². The molecule has 648 valence electrons. The first-order chi connectivity index (χ1) is 58.4. The van der Waals surface area contributed by atoms with Crippen molar-refractivity contribution in [3.8, 4) is 0 Å². The number of aryl methyl sites for hydroxylation is 2. The molecule has 16 rings (SSSR count). The second-order valence-corrected chi connectivity index (χ2v) is 41.1. The van der Waals surface area contributed by atoms with Gasteiger partial charge in [-0.05, 0) is 215 Å². The molecule has 0 bridgehead atoms. The molecule has 12 aromatic rings. The first-order valence-corrected chi connectivity index (χ1v) is 48.7. The van der Waals surface area contributed by atoms with Gasteiger partial charge in [0.15, 0.2) is 39.3 Å². The highest BCUT2D eigenvalue weighted by Crippen LogP contribution is 2.42. The standard InChI is InChI=1S/C22H23F2N3O2S2.C20H21F2N5O2S2.2C19H21F2N5O2S2/c1-15(27-10-6-5-9-20(27)16-7-3-2-4-8-16)17-11-19(24)21(12-18(17)23)31(28,29)13-22-25-14-26-30-22;21-15-9-18(31(28,29)11-20-25-12-26-30-20)16(22)7-14(15)10-27-6-2-1-3-17(27)13-4-5-24-19(23)8-13;2*1-25-16(5-6-23-25)17-4-2-3-7-26(17)10-13-8-15(21)18(9-14(13)20)30(27,28)11-19-22-12-24-29-19/h2-4,7-8,11-12,14-15,20H,5-6,9-10,13H2,1H3;4-5,7-9,12,17H,1-3,6,10-11H2,(H2,23,24);2*5-6,8-9,12,17H,2-4,7,10-11H2,1H3/t15-,20-;3*17-/m1010/s1. The van der Waals surface area contributed by atoms with E-state index in [-0.39, 0.29) is 86.1 Å². The lowest BCUT2D eigenvalue weighted by Crippen LogP contribution is -2.36. The van der Waals surface area contributed by atoms with Gasteiger partial charge >= 0.3 is 0 Å². The van der Waals surface area contributed by atoms with Crippen molar-refractivity contribution >= 4 is 91.3 Å². The van der Waals surface area contributed by atoms with E-state index in [0.717, 1.165) is 214 Å². The van der Waals surface area contributed by atoms with Gasteiger partial charge in [-0.1, -0.05) is 56.0 Å². The monoisotopic (exact) mass is 1830 g/mol. The number of benzene rings is 5. The van der Waals surface area contributed by atoms with Crippen molar-refractivity contribution in [3.63, 3.8) is 0 Å². The van der Waals surface area contributed by atoms with Crippen LogP contribution in [0.3, 0.4) is 0 Å². The Labute approximate surface area is 717 Å². The summed E-state index contributed by atoms with van der Waals surface area (Å²) in [6, 6.07) is 24.5. The van der Waals surface area contributed by atoms with Gasteiger partial charge in [-0.3, -0.25) is 29.0 Å². The number of nitrogens with zero attached hydrogens (tertiary/aromatic N) is 17. The zero-order chi connectivity index (χ0) is 86.6. The molecule has 0 radical (unpaired) electrons. The minimum atomic E-state index is -4.09. The van der Waals surface area contributed by atoms with E-state index in [0.29, 0.717) is 12.4 Å². The van der Waals surface area contributed by atoms with Crippen LogP contribution < -0.4 is 5.73 Å².